The van der Waals surface area contributed by atoms with Gasteiger partial charge in [-0.15, -0.1) is 0 Å². The van der Waals surface area contributed by atoms with Crippen LogP contribution < -0.4 is 4.74 Å². The second kappa shape index (κ2) is 10.8. The number of benzene rings is 4. The van der Waals surface area contributed by atoms with Crippen molar-refractivity contribution >= 4 is 34.3 Å². The van der Waals surface area contributed by atoms with Crippen LogP contribution in [0.15, 0.2) is 115 Å². The number of hydrogen-bond acceptors (Lipinski definition) is 4. The number of para-hydroxylation sites is 2. The Morgan fingerprint density at radius 2 is 1.43 bits per heavy atom. The highest BCUT2D eigenvalue weighted by molar-refractivity contribution is 6.22. The van der Waals surface area contributed by atoms with Gasteiger partial charge in [-0.1, -0.05) is 97.1 Å². The molecule has 4 aromatic carbocycles. The molecule has 0 aliphatic rings. The molecule has 1 heterocycles. The molecule has 182 valence electrons. The highest BCUT2D eigenvalue weighted by atomic mass is 16.5. The number of methoxy groups -OCH3 is 1. The summed E-state index contributed by atoms with van der Waals surface area (Å²) in [6.07, 6.45) is 2.27. The molecular weight excluding hydrogens is 462 g/mol. The van der Waals surface area contributed by atoms with Crippen LogP contribution in [0.5, 0.6) is 5.75 Å². The zero-order valence-corrected chi connectivity index (χ0v) is 20.3. The SMILES string of the molecule is COc1ccccc1/C=C(/C(=O)O[C@H](C(=O)c1c[nH]c2ccccc12)c1ccccc1)c1ccccc1. The van der Waals surface area contributed by atoms with Crippen molar-refractivity contribution in [3.63, 3.8) is 0 Å². The molecule has 0 amide bonds. The van der Waals surface area contributed by atoms with Gasteiger partial charge in [-0.05, 0) is 23.8 Å². The van der Waals surface area contributed by atoms with E-state index < -0.39 is 12.1 Å². The maximum absolute atomic E-state index is 13.8. The first kappa shape index (κ1) is 23.8. The van der Waals surface area contributed by atoms with Crippen LogP contribution in [0.25, 0.3) is 22.6 Å². The van der Waals surface area contributed by atoms with Gasteiger partial charge in [0.15, 0.2) is 6.10 Å². The average molecular weight is 488 g/mol. The molecule has 0 saturated carbocycles. The van der Waals surface area contributed by atoms with Crippen LogP contribution in [-0.2, 0) is 9.53 Å². The second-order valence-corrected chi connectivity index (χ2v) is 8.47. The molecule has 0 bridgehead atoms. The fourth-order valence-corrected chi connectivity index (χ4v) is 4.31. The fourth-order valence-electron chi connectivity index (χ4n) is 4.31. The van der Waals surface area contributed by atoms with Gasteiger partial charge in [0.25, 0.3) is 0 Å². The minimum Gasteiger partial charge on any atom is -0.496 e. The lowest BCUT2D eigenvalue weighted by atomic mass is 9.98. The third kappa shape index (κ3) is 5.07. The molecule has 1 atom stereocenters. The van der Waals surface area contributed by atoms with E-state index in [1.807, 2.05) is 97.1 Å². The highest BCUT2D eigenvalue weighted by Gasteiger charge is 2.29. The zero-order chi connectivity index (χ0) is 25.6. The van der Waals surface area contributed by atoms with Crippen LogP contribution in [0, 0.1) is 0 Å². The normalized spacial score (nSPS) is 12.2. The third-order valence-corrected chi connectivity index (χ3v) is 6.16. The molecule has 0 radical (unpaired) electrons. The number of aromatic amines is 1. The van der Waals surface area contributed by atoms with Gasteiger partial charge in [-0.2, -0.15) is 0 Å². The Morgan fingerprint density at radius 1 is 0.784 bits per heavy atom. The Bertz CT molecular complexity index is 1570. The van der Waals surface area contributed by atoms with Crippen LogP contribution in [0.4, 0.5) is 0 Å². The summed E-state index contributed by atoms with van der Waals surface area (Å²) < 4.78 is 11.5. The lowest BCUT2D eigenvalue weighted by Gasteiger charge is -2.19. The number of aromatic nitrogens is 1. The van der Waals surface area contributed by atoms with Crippen LogP contribution in [-0.4, -0.2) is 23.8 Å². The molecule has 0 aliphatic carbocycles. The number of rotatable bonds is 8. The number of H-pyrrole nitrogens is 1. The van der Waals surface area contributed by atoms with Gasteiger partial charge in [0.05, 0.1) is 12.7 Å². The Hall–Kier alpha value is -4.90. The van der Waals surface area contributed by atoms with E-state index in [0.29, 0.717) is 28.0 Å². The molecule has 1 N–H and O–H groups in total. The van der Waals surface area contributed by atoms with Crippen molar-refractivity contribution in [1.29, 1.82) is 0 Å². The van der Waals surface area contributed by atoms with Gasteiger partial charge in [0.2, 0.25) is 5.78 Å². The number of Topliss-reactive ketones (excluding diaryl/α,β-unsaturated/α-hetero) is 1. The van der Waals surface area contributed by atoms with Gasteiger partial charge < -0.3 is 14.5 Å². The maximum Gasteiger partial charge on any atom is 0.339 e. The molecule has 5 rings (SSSR count). The van der Waals surface area contributed by atoms with E-state index in [9.17, 15) is 9.59 Å². The van der Waals surface area contributed by atoms with E-state index in [1.54, 1.807) is 31.5 Å². The smallest absolute Gasteiger partial charge is 0.339 e. The van der Waals surface area contributed by atoms with Gasteiger partial charge in [-0.3, -0.25) is 4.79 Å². The number of carbonyl (C=O) groups excluding carboxylic acids is 2. The Kier molecular flexibility index (Phi) is 6.95. The summed E-state index contributed by atoms with van der Waals surface area (Å²) in [5.41, 5.74) is 3.61. The number of nitrogens with one attached hydrogen (secondary N) is 1. The highest BCUT2D eigenvalue weighted by Crippen LogP contribution is 2.31. The zero-order valence-electron chi connectivity index (χ0n) is 20.3. The van der Waals surface area contributed by atoms with Crippen molar-refractivity contribution < 1.29 is 19.1 Å². The summed E-state index contributed by atoms with van der Waals surface area (Å²) in [6, 6.07) is 33.3. The van der Waals surface area contributed by atoms with Crippen molar-refractivity contribution in [3.05, 3.63) is 138 Å². The summed E-state index contributed by atoms with van der Waals surface area (Å²) >= 11 is 0. The molecule has 5 nitrogen and oxygen atoms in total. The summed E-state index contributed by atoms with van der Waals surface area (Å²) in [5, 5.41) is 0.775. The van der Waals surface area contributed by atoms with Crippen molar-refractivity contribution in [2.45, 2.75) is 6.10 Å². The van der Waals surface area contributed by atoms with Crippen LogP contribution in [0.3, 0.4) is 0 Å². The number of ketones is 1. The first-order valence-electron chi connectivity index (χ1n) is 11.9. The molecule has 0 fully saturated rings. The van der Waals surface area contributed by atoms with Gasteiger partial charge in [-0.25, -0.2) is 4.79 Å². The van der Waals surface area contributed by atoms with Crippen LogP contribution in [0.2, 0.25) is 0 Å². The first-order chi connectivity index (χ1) is 18.2. The number of ether oxygens (including phenoxy) is 2. The van der Waals surface area contributed by atoms with E-state index >= 15 is 0 Å². The number of fused-ring (bicyclic) bond motifs is 1. The molecule has 1 aromatic heterocycles. The standard InChI is InChI=1S/C32H25NO4/c1-36-29-19-11-8-16-24(29)20-26(22-12-4-2-5-13-22)32(35)37-31(23-14-6-3-7-15-23)30(34)27-21-33-28-18-10-9-17-25(27)28/h2-21,31,33H,1H3/b26-20+/t31-/m0/s1. The van der Waals surface area contributed by atoms with E-state index in [-0.39, 0.29) is 5.78 Å². The predicted molar refractivity (Wildman–Crippen MR) is 145 cm³/mol. The summed E-state index contributed by atoms with van der Waals surface area (Å²) in [5.74, 6) is -0.293. The molecule has 0 saturated heterocycles. The van der Waals surface area contributed by atoms with Crippen molar-refractivity contribution in [3.8, 4) is 5.75 Å². The lowest BCUT2D eigenvalue weighted by Crippen LogP contribution is -2.21. The third-order valence-electron chi connectivity index (χ3n) is 6.16. The number of carbonyl (C=O) groups is 2. The minimum atomic E-state index is -1.13. The van der Waals surface area contributed by atoms with E-state index in [2.05, 4.69) is 4.98 Å². The van der Waals surface area contributed by atoms with Crippen molar-refractivity contribution in [2.24, 2.45) is 0 Å². The maximum atomic E-state index is 13.8. The van der Waals surface area contributed by atoms with Crippen molar-refractivity contribution in [1.82, 2.24) is 4.98 Å². The molecule has 5 aromatic rings. The Labute approximate surface area is 215 Å². The van der Waals surface area contributed by atoms with Crippen molar-refractivity contribution in [2.75, 3.05) is 7.11 Å². The van der Waals surface area contributed by atoms with Crippen LogP contribution in [0.1, 0.15) is 33.2 Å². The largest absolute Gasteiger partial charge is 0.496 e. The lowest BCUT2D eigenvalue weighted by molar-refractivity contribution is -0.140. The van der Waals surface area contributed by atoms with E-state index in [0.717, 1.165) is 16.5 Å². The summed E-state index contributed by atoms with van der Waals surface area (Å²) in [7, 11) is 1.58. The average Bonchev–Trinajstić information content (AvgIpc) is 3.39. The number of esters is 1. The fraction of sp³-hybridized carbons (Fsp3) is 0.0625. The monoisotopic (exact) mass is 487 g/mol. The predicted octanol–water partition coefficient (Wildman–Crippen LogP) is 6.88. The van der Waals surface area contributed by atoms with E-state index in [1.165, 1.54) is 0 Å². The molecule has 0 unspecified atom stereocenters. The minimum absolute atomic E-state index is 0.304. The topological polar surface area (TPSA) is 68.4 Å². The molecule has 5 heteroatoms. The Morgan fingerprint density at radius 3 is 2.19 bits per heavy atom. The molecular formula is C32H25NO4. The molecule has 0 spiro atoms. The molecule has 0 aliphatic heterocycles. The van der Waals surface area contributed by atoms with Gasteiger partial charge in [0.1, 0.15) is 5.75 Å². The second-order valence-electron chi connectivity index (χ2n) is 8.47. The molecule has 37 heavy (non-hydrogen) atoms. The quantitative estimate of drug-likeness (QED) is 0.112. The van der Waals surface area contributed by atoms with Gasteiger partial charge >= 0.3 is 5.97 Å². The van der Waals surface area contributed by atoms with Gasteiger partial charge in [0, 0.05) is 33.8 Å². The Balaban J connectivity index is 1.57. The summed E-state index contributed by atoms with van der Waals surface area (Å²) in [6.45, 7) is 0. The van der Waals surface area contributed by atoms with E-state index in [4.69, 9.17) is 9.47 Å². The van der Waals surface area contributed by atoms with Crippen LogP contribution >= 0.6 is 0 Å². The number of hydrogen-bond donors (Lipinski definition) is 1. The summed E-state index contributed by atoms with van der Waals surface area (Å²) in [4.78, 5) is 30.8. The first-order valence-corrected chi connectivity index (χ1v) is 11.9.